The third-order valence-electron chi connectivity index (χ3n) is 1.87. The number of aryl methyl sites for hydroxylation is 1. The monoisotopic (exact) mass is 179 g/mol. The first-order valence-electron chi connectivity index (χ1n) is 3.61. The quantitative estimate of drug-likeness (QED) is 0.587. The molecule has 0 unspecified atom stereocenters. The van der Waals surface area contributed by atoms with Crippen molar-refractivity contribution in [1.29, 1.82) is 5.41 Å². The smallest absolute Gasteiger partial charge is 0.201 e. The third kappa shape index (κ3) is 0.848. The van der Waals surface area contributed by atoms with Gasteiger partial charge in [0.1, 0.15) is 0 Å². The SMILES string of the molecule is Cc1cccc2sc(=N)n(N)c12. The summed E-state index contributed by atoms with van der Waals surface area (Å²) in [6, 6.07) is 5.96. The van der Waals surface area contributed by atoms with Crippen LogP contribution in [0, 0.1) is 12.3 Å². The number of aromatic nitrogens is 1. The highest BCUT2D eigenvalue weighted by Gasteiger charge is 2.03. The lowest BCUT2D eigenvalue weighted by atomic mass is 10.2. The van der Waals surface area contributed by atoms with Gasteiger partial charge in [-0.2, -0.15) is 0 Å². The van der Waals surface area contributed by atoms with Gasteiger partial charge in [0, 0.05) is 0 Å². The molecule has 0 radical (unpaired) electrons. The number of nitrogens with zero attached hydrogens (tertiary/aromatic N) is 1. The Hall–Kier alpha value is -1.29. The Morgan fingerprint density at radius 3 is 2.92 bits per heavy atom. The Morgan fingerprint density at radius 2 is 2.25 bits per heavy atom. The van der Waals surface area contributed by atoms with E-state index >= 15 is 0 Å². The van der Waals surface area contributed by atoms with Gasteiger partial charge in [-0.25, -0.2) is 4.68 Å². The minimum absolute atomic E-state index is 0.388. The van der Waals surface area contributed by atoms with E-state index in [1.807, 2.05) is 25.1 Å². The van der Waals surface area contributed by atoms with Crippen LogP contribution in [0.1, 0.15) is 5.56 Å². The lowest BCUT2D eigenvalue weighted by Gasteiger charge is -1.97. The Kier molecular flexibility index (Phi) is 1.44. The zero-order valence-electron chi connectivity index (χ0n) is 6.66. The summed E-state index contributed by atoms with van der Waals surface area (Å²) >= 11 is 1.40. The molecule has 0 aliphatic carbocycles. The number of rotatable bonds is 0. The first-order valence-corrected chi connectivity index (χ1v) is 4.42. The van der Waals surface area contributed by atoms with Crippen molar-refractivity contribution in [2.24, 2.45) is 0 Å². The van der Waals surface area contributed by atoms with Crippen molar-refractivity contribution in [3.63, 3.8) is 0 Å². The van der Waals surface area contributed by atoms with Gasteiger partial charge >= 0.3 is 0 Å². The second kappa shape index (κ2) is 2.35. The fourth-order valence-corrected chi connectivity index (χ4v) is 2.18. The first kappa shape index (κ1) is 7.36. The van der Waals surface area contributed by atoms with Crippen LogP contribution in [0.4, 0.5) is 0 Å². The summed E-state index contributed by atoms with van der Waals surface area (Å²) in [5.41, 5.74) is 2.08. The molecule has 0 saturated carbocycles. The van der Waals surface area contributed by atoms with Gasteiger partial charge in [0.2, 0.25) is 4.80 Å². The van der Waals surface area contributed by atoms with Crippen LogP contribution in [0.25, 0.3) is 10.2 Å². The molecule has 0 spiro atoms. The maximum Gasteiger partial charge on any atom is 0.201 e. The van der Waals surface area contributed by atoms with E-state index in [1.165, 1.54) is 16.0 Å². The molecule has 4 heteroatoms. The highest BCUT2D eigenvalue weighted by molar-refractivity contribution is 7.16. The van der Waals surface area contributed by atoms with Crippen LogP contribution >= 0.6 is 11.3 Å². The predicted octanol–water partition coefficient (Wildman–Crippen LogP) is 1.20. The molecule has 0 bridgehead atoms. The van der Waals surface area contributed by atoms with E-state index in [0.29, 0.717) is 4.80 Å². The van der Waals surface area contributed by atoms with Crippen LogP contribution in [0.3, 0.4) is 0 Å². The molecular formula is C8H9N3S. The number of nitrogens with one attached hydrogen (secondary N) is 1. The van der Waals surface area contributed by atoms with E-state index in [9.17, 15) is 0 Å². The van der Waals surface area contributed by atoms with Crippen LogP contribution in [-0.4, -0.2) is 4.68 Å². The number of para-hydroxylation sites is 1. The van der Waals surface area contributed by atoms with Crippen molar-refractivity contribution < 1.29 is 0 Å². The largest absolute Gasteiger partial charge is 0.337 e. The van der Waals surface area contributed by atoms with Crippen LogP contribution in [0.2, 0.25) is 0 Å². The zero-order chi connectivity index (χ0) is 8.72. The maximum absolute atomic E-state index is 7.50. The number of hydrogen-bond acceptors (Lipinski definition) is 3. The van der Waals surface area contributed by atoms with Gasteiger partial charge in [0.05, 0.1) is 10.2 Å². The molecular weight excluding hydrogens is 170 g/mol. The molecule has 0 aliphatic heterocycles. The fourth-order valence-electron chi connectivity index (χ4n) is 1.28. The van der Waals surface area contributed by atoms with Gasteiger partial charge in [-0.1, -0.05) is 23.5 Å². The molecule has 62 valence electrons. The summed E-state index contributed by atoms with van der Waals surface area (Å²) in [6.45, 7) is 2.00. The predicted molar refractivity (Wildman–Crippen MR) is 50.6 cm³/mol. The van der Waals surface area contributed by atoms with Gasteiger partial charge in [0.15, 0.2) is 0 Å². The Morgan fingerprint density at radius 1 is 1.50 bits per heavy atom. The van der Waals surface area contributed by atoms with Crippen LogP contribution in [-0.2, 0) is 0 Å². The van der Waals surface area contributed by atoms with E-state index in [2.05, 4.69) is 0 Å². The highest BCUT2D eigenvalue weighted by Crippen LogP contribution is 2.18. The molecule has 0 atom stereocenters. The minimum Gasteiger partial charge on any atom is -0.337 e. The van der Waals surface area contributed by atoms with Gasteiger partial charge in [-0.15, -0.1) is 0 Å². The molecule has 2 aromatic rings. The second-order valence-electron chi connectivity index (χ2n) is 2.70. The van der Waals surface area contributed by atoms with E-state index in [-0.39, 0.29) is 0 Å². The van der Waals surface area contributed by atoms with Crippen molar-refractivity contribution in [3.05, 3.63) is 28.6 Å². The lowest BCUT2D eigenvalue weighted by Crippen LogP contribution is -2.21. The third-order valence-corrected chi connectivity index (χ3v) is 2.81. The topological polar surface area (TPSA) is 54.8 Å². The summed E-state index contributed by atoms with van der Waals surface area (Å²) in [5.74, 6) is 5.68. The lowest BCUT2D eigenvalue weighted by molar-refractivity contribution is 0.963. The zero-order valence-corrected chi connectivity index (χ0v) is 7.48. The summed E-state index contributed by atoms with van der Waals surface area (Å²) in [5, 5.41) is 7.50. The van der Waals surface area contributed by atoms with Crippen LogP contribution in [0.15, 0.2) is 18.2 Å². The Labute approximate surface area is 73.5 Å². The molecule has 2 rings (SSSR count). The van der Waals surface area contributed by atoms with Crippen LogP contribution in [0.5, 0.6) is 0 Å². The second-order valence-corrected chi connectivity index (χ2v) is 3.73. The molecule has 12 heavy (non-hydrogen) atoms. The van der Waals surface area contributed by atoms with Gasteiger partial charge in [-0.3, -0.25) is 5.41 Å². The molecule has 1 aromatic heterocycles. The molecule has 0 fully saturated rings. The molecule has 0 aliphatic rings. The van der Waals surface area contributed by atoms with Crippen molar-refractivity contribution in [1.82, 2.24) is 4.68 Å². The molecule has 1 heterocycles. The van der Waals surface area contributed by atoms with E-state index in [0.717, 1.165) is 15.8 Å². The first-order chi connectivity index (χ1) is 5.70. The number of hydrogen-bond donors (Lipinski definition) is 2. The molecule has 3 N–H and O–H groups in total. The number of benzene rings is 1. The van der Waals surface area contributed by atoms with E-state index in [1.54, 1.807) is 0 Å². The van der Waals surface area contributed by atoms with E-state index < -0.39 is 0 Å². The molecule has 0 saturated heterocycles. The number of thiazole rings is 1. The Bertz CT molecular complexity index is 480. The molecule has 1 aromatic carbocycles. The summed E-state index contributed by atoms with van der Waals surface area (Å²) in [4.78, 5) is 0.388. The number of nitrogens with two attached hydrogens (primary N) is 1. The summed E-state index contributed by atoms with van der Waals surface area (Å²) in [7, 11) is 0. The van der Waals surface area contributed by atoms with Crippen molar-refractivity contribution in [3.8, 4) is 0 Å². The normalized spacial score (nSPS) is 10.8. The van der Waals surface area contributed by atoms with Crippen molar-refractivity contribution in [2.75, 3.05) is 5.84 Å². The fraction of sp³-hybridized carbons (Fsp3) is 0.125. The molecule has 0 amide bonds. The van der Waals surface area contributed by atoms with Gasteiger partial charge in [0.25, 0.3) is 0 Å². The van der Waals surface area contributed by atoms with E-state index in [4.69, 9.17) is 11.3 Å². The minimum atomic E-state index is 0.388. The van der Waals surface area contributed by atoms with Gasteiger partial charge in [-0.05, 0) is 18.6 Å². The summed E-state index contributed by atoms with van der Waals surface area (Å²) in [6.07, 6.45) is 0. The average molecular weight is 179 g/mol. The number of fused-ring (bicyclic) bond motifs is 1. The maximum atomic E-state index is 7.50. The standard InChI is InChI=1S/C8H9N3S/c1-5-3-2-4-6-7(5)11(10)8(9)12-6/h2-4,9H,10H2,1H3. The average Bonchev–Trinajstić information content (AvgIpc) is 2.29. The highest BCUT2D eigenvalue weighted by atomic mass is 32.1. The number of nitrogen functional groups attached to an aromatic ring is 1. The van der Waals surface area contributed by atoms with Gasteiger partial charge < -0.3 is 5.84 Å². The van der Waals surface area contributed by atoms with Crippen molar-refractivity contribution >= 4 is 21.6 Å². The Balaban J connectivity index is 3.07. The summed E-state index contributed by atoms with van der Waals surface area (Å²) < 4.78 is 2.50. The van der Waals surface area contributed by atoms with Crippen LogP contribution < -0.4 is 10.6 Å². The molecule has 3 nitrogen and oxygen atoms in total. The van der Waals surface area contributed by atoms with Crippen molar-refractivity contribution in [2.45, 2.75) is 6.92 Å².